The molecule has 37 heavy (non-hydrogen) atoms. The fourth-order valence-electron chi connectivity index (χ4n) is 4.00. The topological polar surface area (TPSA) is 59.8 Å². The van der Waals surface area contributed by atoms with Crippen LogP contribution in [0.3, 0.4) is 0 Å². The fourth-order valence-corrected chi connectivity index (χ4v) is 4.76. The highest BCUT2D eigenvalue weighted by Gasteiger charge is 2.21. The molecule has 1 aromatic heterocycles. The Bertz CT molecular complexity index is 1460. The zero-order valence-electron chi connectivity index (χ0n) is 19.6. The van der Waals surface area contributed by atoms with E-state index >= 15 is 0 Å². The molecule has 0 aliphatic carbocycles. The third kappa shape index (κ3) is 5.59. The van der Waals surface area contributed by atoms with Crippen LogP contribution in [0.25, 0.3) is 17.1 Å². The van der Waals surface area contributed by atoms with Gasteiger partial charge in [-0.1, -0.05) is 103 Å². The summed E-state index contributed by atoms with van der Waals surface area (Å²) in [5.41, 5.74) is 2.72. The number of carbonyl (C=O) groups is 1. The zero-order chi connectivity index (χ0) is 25.6. The van der Waals surface area contributed by atoms with E-state index in [2.05, 4.69) is 15.5 Å². The van der Waals surface area contributed by atoms with Gasteiger partial charge in [-0.2, -0.15) is 0 Å². The fraction of sp³-hybridized carbons (Fsp3) is 0.0690. The van der Waals surface area contributed by atoms with Gasteiger partial charge in [0.2, 0.25) is 5.91 Å². The Morgan fingerprint density at radius 3 is 2.00 bits per heavy atom. The van der Waals surface area contributed by atoms with Crippen LogP contribution < -0.4 is 5.32 Å². The van der Waals surface area contributed by atoms with E-state index in [1.807, 2.05) is 91.0 Å². The normalized spacial score (nSPS) is 11.0. The van der Waals surface area contributed by atoms with Gasteiger partial charge in [-0.05, 0) is 23.3 Å². The van der Waals surface area contributed by atoms with Gasteiger partial charge in [-0.3, -0.25) is 9.36 Å². The third-order valence-electron chi connectivity index (χ3n) is 5.72. The molecule has 5 nitrogen and oxygen atoms in total. The molecule has 8 heteroatoms. The molecule has 1 heterocycles. The summed E-state index contributed by atoms with van der Waals surface area (Å²) in [6.45, 7) is 0. The summed E-state index contributed by atoms with van der Waals surface area (Å²) in [5, 5.41) is 11.9. The first-order valence-corrected chi connectivity index (χ1v) is 12.6. The molecule has 1 N–H and O–H groups in total. The molecule has 0 unspecified atom stereocenters. The molecule has 184 valence electrons. The van der Waals surface area contributed by atoms with E-state index in [1.165, 1.54) is 16.7 Å². The number of carbonyl (C=O) groups excluding carboxylic acids is 1. The Labute approximate surface area is 217 Å². The summed E-state index contributed by atoms with van der Waals surface area (Å²) in [4.78, 5) is 13.1. The lowest BCUT2D eigenvalue weighted by Crippen LogP contribution is -2.30. The highest BCUT2D eigenvalue weighted by atomic mass is 32.2. The van der Waals surface area contributed by atoms with Crippen molar-refractivity contribution in [2.45, 2.75) is 11.2 Å². The minimum absolute atomic E-state index is 0.0197. The van der Waals surface area contributed by atoms with Gasteiger partial charge in [0, 0.05) is 11.6 Å². The largest absolute Gasteiger partial charge is 0.344 e. The van der Waals surface area contributed by atoms with Gasteiger partial charge in [-0.15, -0.1) is 10.2 Å². The van der Waals surface area contributed by atoms with E-state index in [-0.39, 0.29) is 23.4 Å². The van der Waals surface area contributed by atoms with E-state index in [9.17, 15) is 13.6 Å². The number of halogens is 2. The van der Waals surface area contributed by atoms with Crippen molar-refractivity contribution in [3.63, 3.8) is 0 Å². The van der Waals surface area contributed by atoms with Crippen molar-refractivity contribution in [1.29, 1.82) is 0 Å². The number of hydrogen-bond acceptors (Lipinski definition) is 4. The predicted molar refractivity (Wildman–Crippen MR) is 140 cm³/mol. The number of nitrogens with zero attached hydrogens (tertiary/aromatic N) is 3. The monoisotopic (exact) mass is 512 g/mol. The Kier molecular flexibility index (Phi) is 7.37. The molecule has 0 atom stereocenters. The number of benzene rings is 4. The van der Waals surface area contributed by atoms with Crippen LogP contribution in [0.15, 0.2) is 114 Å². The second kappa shape index (κ2) is 11.2. The van der Waals surface area contributed by atoms with Crippen LogP contribution in [0, 0.1) is 11.6 Å². The summed E-state index contributed by atoms with van der Waals surface area (Å²) in [6, 6.07) is 31.6. The minimum Gasteiger partial charge on any atom is -0.344 e. The van der Waals surface area contributed by atoms with E-state index in [0.717, 1.165) is 29.0 Å². The molecule has 4 aromatic carbocycles. The smallest absolute Gasteiger partial charge is 0.231 e. The molecule has 0 saturated heterocycles. The number of rotatable bonds is 8. The van der Waals surface area contributed by atoms with E-state index in [0.29, 0.717) is 16.5 Å². The predicted octanol–water partition coefficient (Wildman–Crippen LogP) is 6.21. The van der Waals surface area contributed by atoms with Crippen LogP contribution in [-0.2, 0) is 4.79 Å². The van der Waals surface area contributed by atoms with Crippen molar-refractivity contribution in [2.75, 3.05) is 5.75 Å². The van der Waals surface area contributed by atoms with Crippen LogP contribution in [0.4, 0.5) is 8.78 Å². The lowest BCUT2D eigenvalue weighted by molar-refractivity contribution is -0.119. The molecule has 5 aromatic rings. The lowest BCUT2D eigenvalue weighted by Gasteiger charge is -2.20. The maximum absolute atomic E-state index is 14.8. The minimum atomic E-state index is -0.753. The van der Waals surface area contributed by atoms with Crippen LogP contribution in [0.2, 0.25) is 0 Å². The van der Waals surface area contributed by atoms with Gasteiger partial charge in [0.25, 0.3) is 0 Å². The number of nitrogens with one attached hydrogen (secondary N) is 1. The number of amides is 1. The van der Waals surface area contributed by atoms with Gasteiger partial charge >= 0.3 is 0 Å². The lowest BCUT2D eigenvalue weighted by atomic mass is 9.99. The van der Waals surface area contributed by atoms with Crippen molar-refractivity contribution in [3.8, 4) is 17.1 Å². The first-order chi connectivity index (χ1) is 18.1. The summed E-state index contributed by atoms with van der Waals surface area (Å²) >= 11 is 1.13. The van der Waals surface area contributed by atoms with Crippen molar-refractivity contribution >= 4 is 17.7 Å². The summed E-state index contributed by atoms with van der Waals surface area (Å²) < 4.78 is 30.0. The van der Waals surface area contributed by atoms with Crippen LogP contribution in [-0.4, -0.2) is 26.4 Å². The van der Waals surface area contributed by atoms with Crippen LogP contribution in [0.5, 0.6) is 0 Å². The summed E-state index contributed by atoms with van der Waals surface area (Å²) in [6.07, 6.45) is 0. The van der Waals surface area contributed by atoms with Crippen molar-refractivity contribution < 1.29 is 13.6 Å². The first kappa shape index (κ1) is 24.4. The van der Waals surface area contributed by atoms with Crippen molar-refractivity contribution in [3.05, 3.63) is 132 Å². The van der Waals surface area contributed by atoms with Crippen molar-refractivity contribution in [2.24, 2.45) is 0 Å². The molecule has 0 radical (unpaired) electrons. The van der Waals surface area contributed by atoms with Gasteiger partial charge in [0.1, 0.15) is 11.6 Å². The van der Waals surface area contributed by atoms with E-state index < -0.39 is 11.6 Å². The molecule has 0 aliphatic heterocycles. The standard InChI is InChI=1S/C29H22F2N4OS/c30-23-16-17-25(24(31)18-23)35-28(22-14-8-3-9-15-22)33-34-29(35)37-19-26(36)32-27(20-10-4-1-5-11-20)21-12-6-2-7-13-21/h1-18,27H,19H2,(H,32,36). The molecule has 0 bridgehead atoms. The molecular formula is C29H22F2N4OS. The van der Waals surface area contributed by atoms with Crippen LogP contribution >= 0.6 is 11.8 Å². The molecule has 0 spiro atoms. The molecule has 0 fully saturated rings. The van der Waals surface area contributed by atoms with E-state index in [1.54, 1.807) is 0 Å². The van der Waals surface area contributed by atoms with Gasteiger partial charge in [0.05, 0.1) is 17.5 Å². The molecule has 0 aliphatic rings. The molecular weight excluding hydrogens is 490 g/mol. The summed E-state index contributed by atoms with van der Waals surface area (Å²) in [7, 11) is 0. The van der Waals surface area contributed by atoms with Gasteiger partial charge in [-0.25, -0.2) is 8.78 Å². The zero-order valence-corrected chi connectivity index (χ0v) is 20.4. The Balaban J connectivity index is 1.42. The number of hydrogen-bond donors (Lipinski definition) is 1. The van der Waals surface area contributed by atoms with E-state index in [4.69, 9.17) is 0 Å². The van der Waals surface area contributed by atoms with Gasteiger partial charge in [0.15, 0.2) is 11.0 Å². The van der Waals surface area contributed by atoms with Gasteiger partial charge < -0.3 is 5.32 Å². The molecule has 1 amide bonds. The first-order valence-electron chi connectivity index (χ1n) is 11.6. The Morgan fingerprint density at radius 2 is 1.41 bits per heavy atom. The third-order valence-corrected chi connectivity index (χ3v) is 6.65. The Morgan fingerprint density at radius 1 is 0.811 bits per heavy atom. The SMILES string of the molecule is O=C(CSc1nnc(-c2ccccc2)n1-c1ccc(F)cc1F)NC(c1ccccc1)c1ccccc1. The molecule has 5 rings (SSSR count). The Hall–Kier alpha value is -4.30. The maximum Gasteiger partial charge on any atom is 0.231 e. The second-order valence-electron chi connectivity index (χ2n) is 8.21. The van der Waals surface area contributed by atoms with Crippen LogP contribution in [0.1, 0.15) is 17.2 Å². The number of thioether (sulfide) groups is 1. The number of aromatic nitrogens is 3. The quantitative estimate of drug-likeness (QED) is 0.251. The highest BCUT2D eigenvalue weighted by molar-refractivity contribution is 7.99. The maximum atomic E-state index is 14.8. The highest BCUT2D eigenvalue weighted by Crippen LogP contribution is 2.30. The average molecular weight is 513 g/mol. The summed E-state index contributed by atoms with van der Waals surface area (Å²) in [5.74, 6) is -1.25. The average Bonchev–Trinajstić information content (AvgIpc) is 3.35. The molecule has 0 saturated carbocycles. The second-order valence-corrected chi connectivity index (χ2v) is 9.16. The van der Waals surface area contributed by atoms with Crippen molar-refractivity contribution in [1.82, 2.24) is 20.1 Å².